The molecule has 0 spiro atoms. The molecular weight excluding hydrogens is 206 g/mol. The van der Waals surface area contributed by atoms with E-state index in [-0.39, 0.29) is 24.8 Å². The van der Waals surface area contributed by atoms with E-state index < -0.39 is 0 Å². The SMILES string of the molecule is CCCC(C)OC(=O)COC1CCNCC1. The summed E-state index contributed by atoms with van der Waals surface area (Å²) in [4.78, 5) is 11.4. The summed E-state index contributed by atoms with van der Waals surface area (Å²) in [5, 5.41) is 3.26. The predicted octanol–water partition coefficient (Wildman–Crippen LogP) is 1.49. The van der Waals surface area contributed by atoms with Crippen LogP contribution in [0.5, 0.6) is 0 Å². The van der Waals surface area contributed by atoms with E-state index in [2.05, 4.69) is 12.2 Å². The average molecular weight is 229 g/mol. The molecule has 0 radical (unpaired) electrons. The fraction of sp³-hybridized carbons (Fsp3) is 0.917. The molecule has 1 atom stereocenters. The van der Waals surface area contributed by atoms with Crippen LogP contribution in [-0.4, -0.2) is 37.9 Å². The zero-order valence-electron chi connectivity index (χ0n) is 10.3. The third kappa shape index (κ3) is 5.47. The molecule has 0 aromatic carbocycles. The molecule has 0 amide bonds. The first-order valence-electron chi connectivity index (χ1n) is 6.24. The zero-order valence-corrected chi connectivity index (χ0v) is 10.3. The van der Waals surface area contributed by atoms with Crippen LogP contribution in [0.4, 0.5) is 0 Å². The van der Waals surface area contributed by atoms with E-state index in [0.717, 1.165) is 38.8 Å². The van der Waals surface area contributed by atoms with Gasteiger partial charge in [-0.25, -0.2) is 4.79 Å². The van der Waals surface area contributed by atoms with Crippen LogP contribution in [0.2, 0.25) is 0 Å². The molecular formula is C12H23NO3. The Bertz CT molecular complexity index is 202. The third-order valence-electron chi connectivity index (χ3n) is 2.75. The summed E-state index contributed by atoms with van der Waals surface area (Å²) in [6.45, 7) is 6.05. The maximum atomic E-state index is 11.4. The van der Waals surface area contributed by atoms with Crippen LogP contribution in [0, 0.1) is 0 Å². The molecule has 0 saturated carbocycles. The van der Waals surface area contributed by atoms with Gasteiger partial charge in [-0.1, -0.05) is 13.3 Å². The van der Waals surface area contributed by atoms with Crippen molar-refractivity contribution in [2.45, 2.75) is 51.7 Å². The van der Waals surface area contributed by atoms with Crippen molar-refractivity contribution in [3.05, 3.63) is 0 Å². The quantitative estimate of drug-likeness (QED) is 0.701. The van der Waals surface area contributed by atoms with E-state index >= 15 is 0 Å². The molecule has 0 bridgehead atoms. The summed E-state index contributed by atoms with van der Waals surface area (Å²) in [5.74, 6) is -0.237. The molecule has 1 aliphatic rings. The second-order valence-electron chi connectivity index (χ2n) is 4.35. The maximum absolute atomic E-state index is 11.4. The number of nitrogens with one attached hydrogen (secondary N) is 1. The fourth-order valence-corrected chi connectivity index (χ4v) is 1.87. The Morgan fingerprint density at radius 3 is 2.75 bits per heavy atom. The van der Waals surface area contributed by atoms with Gasteiger partial charge in [0.05, 0.1) is 12.2 Å². The Morgan fingerprint density at radius 1 is 1.44 bits per heavy atom. The Kier molecular flexibility index (Phi) is 6.42. The molecule has 1 aliphatic heterocycles. The lowest BCUT2D eigenvalue weighted by Crippen LogP contribution is -2.34. The van der Waals surface area contributed by atoms with Crippen molar-refractivity contribution in [3.8, 4) is 0 Å². The second kappa shape index (κ2) is 7.63. The Balaban J connectivity index is 2.09. The van der Waals surface area contributed by atoms with Gasteiger partial charge in [0.2, 0.25) is 0 Å². The summed E-state index contributed by atoms with van der Waals surface area (Å²) in [6.07, 6.45) is 4.14. The van der Waals surface area contributed by atoms with Crippen molar-refractivity contribution in [3.63, 3.8) is 0 Å². The maximum Gasteiger partial charge on any atom is 0.332 e. The number of rotatable bonds is 6. The summed E-state index contributed by atoms with van der Waals surface area (Å²) >= 11 is 0. The molecule has 1 N–H and O–H groups in total. The van der Waals surface area contributed by atoms with E-state index in [0.29, 0.717) is 0 Å². The Hall–Kier alpha value is -0.610. The fourth-order valence-electron chi connectivity index (χ4n) is 1.87. The van der Waals surface area contributed by atoms with Gasteiger partial charge in [0.1, 0.15) is 6.61 Å². The van der Waals surface area contributed by atoms with Gasteiger partial charge in [-0.15, -0.1) is 0 Å². The lowest BCUT2D eigenvalue weighted by atomic mass is 10.1. The minimum atomic E-state index is -0.237. The molecule has 0 aromatic rings. The first-order valence-corrected chi connectivity index (χ1v) is 6.24. The van der Waals surface area contributed by atoms with Gasteiger partial charge >= 0.3 is 5.97 Å². The molecule has 1 unspecified atom stereocenters. The lowest BCUT2D eigenvalue weighted by molar-refractivity contribution is -0.156. The summed E-state index contributed by atoms with van der Waals surface area (Å²) in [5.41, 5.74) is 0. The monoisotopic (exact) mass is 229 g/mol. The summed E-state index contributed by atoms with van der Waals surface area (Å²) in [6, 6.07) is 0. The first kappa shape index (κ1) is 13.5. The van der Waals surface area contributed by atoms with Gasteiger partial charge in [0, 0.05) is 0 Å². The molecule has 94 valence electrons. The van der Waals surface area contributed by atoms with E-state index in [4.69, 9.17) is 9.47 Å². The van der Waals surface area contributed by atoms with Crippen molar-refractivity contribution >= 4 is 5.97 Å². The Morgan fingerprint density at radius 2 is 2.12 bits per heavy atom. The van der Waals surface area contributed by atoms with Crippen molar-refractivity contribution in [1.29, 1.82) is 0 Å². The summed E-state index contributed by atoms with van der Waals surface area (Å²) in [7, 11) is 0. The highest BCUT2D eigenvalue weighted by Crippen LogP contribution is 2.08. The molecule has 0 aliphatic carbocycles. The molecule has 16 heavy (non-hydrogen) atoms. The van der Waals surface area contributed by atoms with Crippen molar-refractivity contribution in [1.82, 2.24) is 5.32 Å². The molecule has 1 rings (SSSR count). The smallest absolute Gasteiger partial charge is 0.332 e. The standard InChI is InChI=1S/C12H23NO3/c1-3-4-10(2)16-12(14)9-15-11-5-7-13-8-6-11/h10-11,13H,3-9H2,1-2H3. The topological polar surface area (TPSA) is 47.6 Å². The molecule has 4 heteroatoms. The highest BCUT2D eigenvalue weighted by Gasteiger charge is 2.16. The van der Waals surface area contributed by atoms with Gasteiger partial charge in [-0.05, 0) is 39.3 Å². The van der Waals surface area contributed by atoms with Crippen LogP contribution in [0.1, 0.15) is 39.5 Å². The van der Waals surface area contributed by atoms with Gasteiger partial charge < -0.3 is 14.8 Å². The van der Waals surface area contributed by atoms with Crippen LogP contribution in [-0.2, 0) is 14.3 Å². The number of carbonyl (C=O) groups is 1. The van der Waals surface area contributed by atoms with Gasteiger partial charge in [-0.2, -0.15) is 0 Å². The zero-order chi connectivity index (χ0) is 11.8. The number of piperidine rings is 1. The van der Waals surface area contributed by atoms with E-state index in [1.807, 2.05) is 6.92 Å². The lowest BCUT2D eigenvalue weighted by Gasteiger charge is -2.22. The van der Waals surface area contributed by atoms with Crippen LogP contribution in [0.3, 0.4) is 0 Å². The number of ether oxygens (including phenoxy) is 2. The van der Waals surface area contributed by atoms with Crippen LogP contribution < -0.4 is 5.32 Å². The van der Waals surface area contributed by atoms with Crippen molar-refractivity contribution in [2.24, 2.45) is 0 Å². The molecule has 4 nitrogen and oxygen atoms in total. The first-order chi connectivity index (χ1) is 7.72. The number of hydrogen-bond acceptors (Lipinski definition) is 4. The second-order valence-corrected chi connectivity index (χ2v) is 4.35. The van der Waals surface area contributed by atoms with E-state index in [9.17, 15) is 4.79 Å². The normalized spacial score (nSPS) is 19.4. The van der Waals surface area contributed by atoms with Crippen LogP contribution in [0.25, 0.3) is 0 Å². The van der Waals surface area contributed by atoms with Gasteiger partial charge in [0.15, 0.2) is 0 Å². The molecule has 0 aromatic heterocycles. The van der Waals surface area contributed by atoms with E-state index in [1.54, 1.807) is 0 Å². The van der Waals surface area contributed by atoms with Gasteiger partial charge in [0.25, 0.3) is 0 Å². The van der Waals surface area contributed by atoms with Crippen LogP contribution in [0.15, 0.2) is 0 Å². The third-order valence-corrected chi connectivity index (χ3v) is 2.75. The van der Waals surface area contributed by atoms with Crippen LogP contribution >= 0.6 is 0 Å². The minimum absolute atomic E-state index is 0.00845. The number of hydrogen-bond donors (Lipinski definition) is 1. The van der Waals surface area contributed by atoms with Crippen molar-refractivity contribution in [2.75, 3.05) is 19.7 Å². The summed E-state index contributed by atoms with van der Waals surface area (Å²) < 4.78 is 10.7. The highest BCUT2D eigenvalue weighted by molar-refractivity contribution is 5.70. The van der Waals surface area contributed by atoms with Gasteiger partial charge in [-0.3, -0.25) is 0 Å². The molecule has 1 heterocycles. The largest absolute Gasteiger partial charge is 0.461 e. The molecule has 1 saturated heterocycles. The molecule has 1 fully saturated rings. The number of esters is 1. The predicted molar refractivity (Wildman–Crippen MR) is 62.3 cm³/mol. The number of carbonyl (C=O) groups excluding carboxylic acids is 1. The average Bonchev–Trinajstić information content (AvgIpc) is 2.28. The minimum Gasteiger partial charge on any atom is -0.461 e. The van der Waals surface area contributed by atoms with Crippen molar-refractivity contribution < 1.29 is 14.3 Å². The highest BCUT2D eigenvalue weighted by atomic mass is 16.6. The Labute approximate surface area is 97.7 Å². The van der Waals surface area contributed by atoms with E-state index in [1.165, 1.54) is 0 Å².